The van der Waals surface area contributed by atoms with Gasteiger partial charge in [-0.25, -0.2) is 9.59 Å². The van der Waals surface area contributed by atoms with Crippen LogP contribution in [0.4, 0.5) is 4.79 Å². The lowest BCUT2D eigenvalue weighted by Gasteiger charge is -2.07. The van der Waals surface area contributed by atoms with Crippen LogP contribution in [0, 0.1) is 25.2 Å². The van der Waals surface area contributed by atoms with Gasteiger partial charge >= 0.3 is 12.0 Å². The van der Waals surface area contributed by atoms with Gasteiger partial charge in [0.25, 0.3) is 5.91 Å². The molecule has 1 aliphatic rings. The number of carbonyl (C=O) groups excluding carboxylic acids is 3. The zero-order valence-corrected chi connectivity index (χ0v) is 15.8. The third kappa shape index (κ3) is 5.45. The average Bonchev–Trinajstić information content (AvgIpc) is 3.41. The fourth-order valence-electron chi connectivity index (χ4n) is 2.79. The quantitative estimate of drug-likeness (QED) is 0.432. The van der Waals surface area contributed by atoms with Crippen molar-refractivity contribution >= 4 is 24.0 Å². The van der Waals surface area contributed by atoms with Gasteiger partial charge < -0.3 is 14.6 Å². The van der Waals surface area contributed by atoms with Gasteiger partial charge in [-0.05, 0) is 50.8 Å². The minimum absolute atomic E-state index is 0.200. The maximum atomic E-state index is 12.1. The zero-order valence-electron chi connectivity index (χ0n) is 15.8. The molecule has 1 aromatic heterocycles. The Labute approximate surface area is 158 Å². The molecule has 3 amide bonds. The number of nitriles is 1. The van der Waals surface area contributed by atoms with E-state index in [1.165, 1.54) is 6.08 Å². The van der Waals surface area contributed by atoms with Gasteiger partial charge in [0, 0.05) is 24.0 Å². The minimum atomic E-state index is -0.905. The molecule has 0 atom stereocenters. The molecule has 2 rings (SSSR count). The number of amides is 3. The van der Waals surface area contributed by atoms with Crippen molar-refractivity contribution in [1.82, 2.24) is 15.2 Å². The number of ether oxygens (including phenoxy) is 1. The van der Waals surface area contributed by atoms with E-state index in [4.69, 9.17) is 4.74 Å². The van der Waals surface area contributed by atoms with E-state index < -0.39 is 24.5 Å². The molecule has 27 heavy (non-hydrogen) atoms. The lowest BCUT2D eigenvalue weighted by atomic mass is 10.1. The number of urea groups is 1. The van der Waals surface area contributed by atoms with E-state index in [1.807, 2.05) is 38.2 Å². The Morgan fingerprint density at radius 3 is 2.67 bits per heavy atom. The van der Waals surface area contributed by atoms with Crippen LogP contribution in [-0.4, -0.2) is 35.6 Å². The smallest absolute Gasteiger partial charge is 0.349 e. The molecule has 0 radical (unpaired) electrons. The highest BCUT2D eigenvalue weighted by molar-refractivity contribution is 6.00. The van der Waals surface area contributed by atoms with Crippen molar-refractivity contribution in [2.45, 2.75) is 46.1 Å². The van der Waals surface area contributed by atoms with Crippen molar-refractivity contribution < 1.29 is 19.1 Å². The van der Waals surface area contributed by atoms with E-state index in [0.29, 0.717) is 12.6 Å². The Kier molecular flexibility index (Phi) is 6.77. The number of nitrogens with zero attached hydrogens (tertiary/aromatic N) is 2. The molecule has 1 saturated carbocycles. The number of imide groups is 1. The summed E-state index contributed by atoms with van der Waals surface area (Å²) < 4.78 is 7.05. The summed E-state index contributed by atoms with van der Waals surface area (Å²) in [6.45, 7) is 5.60. The molecule has 1 aliphatic carbocycles. The summed E-state index contributed by atoms with van der Waals surface area (Å²) in [6, 6.07) is 3.57. The highest BCUT2D eigenvalue weighted by Gasteiger charge is 2.27. The predicted octanol–water partition coefficient (Wildman–Crippen LogP) is 2.13. The van der Waals surface area contributed by atoms with Crippen molar-refractivity contribution in [1.29, 1.82) is 5.26 Å². The average molecular weight is 372 g/mol. The molecule has 1 heterocycles. The van der Waals surface area contributed by atoms with Crippen LogP contribution in [0.25, 0.3) is 6.08 Å². The first-order valence-corrected chi connectivity index (χ1v) is 8.92. The molecule has 0 aliphatic heterocycles. The Hall–Kier alpha value is -3.08. The Morgan fingerprint density at radius 2 is 2.07 bits per heavy atom. The number of nitrogens with one attached hydrogen (secondary N) is 2. The molecule has 0 unspecified atom stereocenters. The van der Waals surface area contributed by atoms with Crippen molar-refractivity contribution in [3.8, 4) is 6.07 Å². The van der Waals surface area contributed by atoms with E-state index >= 15 is 0 Å². The molecule has 1 aromatic rings. The van der Waals surface area contributed by atoms with Gasteiger partial charge in [-0.2, -0.15) is 5.26 Å². The van der Waals surface area contributed by atoms with Gasteiger partial charge in [-0.15, -0.1) is 0 Å². The fraction of sp³-hybridized carbons (Fsp3) is 0.474. The lowest BCUT2D eigenvalue weighted by molar-refractivity contribution is -0.144. The number of aryl methyl sites for hydroxylation is 1. The highest BCUT2D eigenvalue weighted by Crippen LogP contribution is 2.38. The molecule has 0 aromatic carbocycles. The highest BCUT2D eigenvalue weighted by atomic mass is 16.5. The summed E-state index contributed by atoms with van der Waals surface area (Å²) in [5.74, 6) is -1.67. The number of carbonyl (C=O) groups is 3. The van der Waals surface area contributed by atoms with Crippen molar-refractivity contribution in [3.05, 3.63) is 28.6 Å². The van der Waals surface area contributed by atoms with E-state index in [-0.39, 0.29) is 5.57 Å². The molecule has 0 spiro atoms. The number of hydrogen-bond acceptors (Lipinski definition) is 5. The number of esters is 1. The van der Waals surface area contributed by atoms with Gasteiger partial charge in [0.05, 0.1) is 0 Å². The Bertz CT molecular complexity index is 812. The van der Waals surface area contributed by atoms with Crippen LogP contribution in [-0.2, 0) is 14.3 Å². The SMILES string of the molecule is CCCNC(=O)NC(=O)COC(=O)/C(C#N)=C/c1cc(C)n(C2CC2)c1C. The number of rotatable bonds is 7. The summed E-state index contributed by atoms with van der Waals surface area (Å²) in [5, 5.41) is 13.8. The summed E-state index contributed by atoms with van der Waals surface area (Å²) in [6.07, 6.45) is 4.46. The fourth-order valence-corrected chi connectivity index (χ4v) is 2.79. The second kappa shape index (κ2) is 9.03. The van der Waals surface area contributed by atoms with Crippen LogP contribution in [0.2, 0.25) is 0 Å². The predicted molar refractivity (Wildman–Crippen MR) is 98.6 cm³/mol. The van der Waals surface area contributed by atoms with Gasteiger partial charge in [0.2, 0.25) is 0 Å². The standard InChI is InChI=1S/C19H24N4O4/c1-4-7-21-19(26)22-17(24)11-27-18(25)15(10-20)9-14-8-12(2)23(13(14)3)16-5-6-16/h8-9,16H,4-7,11H2,1-3H3,(H2,21,22,24,26)/b15-9+. The Balaban J connectivity index is 1.97. The van der Waals surface area contributed by atoms with Crippen molar-refractivity contribution in [3.63, 3.8) is 0 Å². The second-order valence-corrected chi connectivity index (χ2v) is 6.48. The molecular formula is C19H24N4O4. The van der Waals surface area contributed by atoms with Gasteiger partial charge in [0.15, 0.2) is 6.61 Å². The summed E-state index contributed by atoms with van der Waals surface area (Å²) in [4.78, 5) is 35.1. The summed E-state index contributed by atoms with van der Waals surface area (Å²) in [7, 11) is 0. The summed E-state index contributed by atoms with van der Waals surface area (Å²) in [5.41, 5.74) is 2.64. The molecule has 0 bridgehead atoms. The first kappa shape index (κ1) is 20.2. The van der Waals surface area contributed by atoms with Crippen LogP contribution >= 0.6 is 0 Å². The number of hydrogen-bond donors (Lipinski definition) is 2. The maximum Gasteiger partial charge on any atom is 0.349 e. The summed E-state index contributed by atoms with van der Waals surface area (Å²) >= 11 is 0. The van der Waals surface area contributed by atoms with E-state index in [1.54, 1.807) is 0 Å². The van der Waals surface area contributed by atoms with Crippen LogP contribution in [0.1, 0.15) is 49.2 Å². The van der Waals surface area contributed by atoms with Crippen LogP contribution < -0.4 is 10.6 Å². The molecule has 144 valence electrons. The third-order valence-electron chi connectivity index (χ3n) is 4.20. The Morgan fingerprint density at radius 1 is 1.37 bits per heavy atom. The van der Waals surface area contributed by atoms with Crippen molar-refractivity contribution in [2.24, 2.45) is 0 Å². The minimum Gasteiger partial charge on any atom is -0.451 e. The van der Waals surface area contributed by atoms with Gasteiger partial charge in [-0.3, -0.25) is 10.1 Å². The first-order valence-electron chi connectivity index (χ1n) is 8.92. The van der Waals surface area contributed by atoms with E-state index in [2.05, 4.69) is 9.88 Å². The number of aromatic nitrogens is 1. The maximum absolute atomic E-state index is 12.1. The van der Waals surface area contributed by atoms with Crippen LogP contribution in [0.15, 0.2) is 11.6 Å². The molecular weight excluding hydrogens is 348 g/mol. The topological polar surface area (TPSA) is 113 Å². The molecule has 8 nitrogen and oxygen atoms in total. The largest absolute Gasteiger partial charge is 0.451 e. The van der Waals surface area contributed by atoms with Gasteiger partial charge in [-0.1, -0.05) is 6.92 Å². The molecule has 1 fully saturated rings. The normalized spacial score (nSPS) is 13.6. The van der Waals surface area contributed by atoms with Crippen LogP contribution in [0.3, 0.4) is 0 Å². The molecule has 2 N–H and O–H groups in total. The van der Waals surface area contributed by atoms with E-state index in [9.17, 15) is 19.6 Å². The van der Waals surface area contributed by atoms with E-state index in [0.717, 1.165) is 36.2 Å². The second-order valence-electron chi connectivity index (χ2n) is 6.48. The first-order chi connectivity index (χ1) is 12.9. The third-order valence-corrected chi connectivity index (χ3v) is 4.20. The zero-order chi connectivity index (χ0) is 20.0. The monoisotopic (exact) mass is 372 g/mol. The molecule has 8 heteroatoms. The lowest BCUT2D eigenvalue weighted by Crippen LogP contribution is -2.41. The van der Waals surface area contributed by atoms with Crippen LogP contribution in [0.5, 0.6) is 0 Å². The molecule has 0 saturated heterocycles. The van der Waals surface area contributed by atoms with Crippen molar-refractivity contribution in [2.75, 3.05) is 13.2 Å². The van der Waals surface area contributed by atoms with Gasteiger partial charge in [0.1, 0.15) is 11.6 Å².